The van der Waals surface area contributed by atoms with Gasteiger partial charge in [0.25, 0.3) is 5.91 Å². The number of hydrogen-bond donors (Lipinski definition) is 2. The number of nitrogens with zero attached hydrogens (tertiary/aromatic N) is 1. The number of aromatic nitrogens is 2. The van der Waals surface area contributed by atoms with Crippen LogP contribution >= 0.6 is 11.8 Å². The molecule has 134 valence electrons. The van der Waals surface area contributed by atoms with E-state index in [4.69, 9.17) is 0 Å². The van der Waals surface area contributed by atoms with E-state index in [0.717, 1.165) is 26.3 Å². The third-order valence-corrected chi connectivity index (χ3v) is 5.44. The Balaban J connectivity index is 1.64. The molecular weight excluding hydrogens is 354 g/mol. The van der Waals surface area contributed by atoms with Gasteiger partial charge in [0.15, 0.2) is 0 Å². The van der Waals surface area contributed by atoms with E-state index in [0.29, 0.717) is 12.2 Å². The second kappa shape index (κ2) is 7.68. The van der Waals surface area contributed by atoms with Crippen LogP contribution in [0.4, 0.5) is 0 Å². The molecule has 4 nitrogen and oxygen atoms in total. The molecular formula is C22H19N3OS. The van der Waals surface area contributed by atoms with Crippen molar-refractivity contribution >= 4 is 28.6 Å². The van der Waals surface area contributed by atoms with Crippen LogP contribution in [0.2, 0.25) is 0 Å². The van der Waals surface area contributed by atoms with E-state index in [-0.39, 0.29) is 5.91 Å². The van der Waals surface area contributed by atoms with Gasteiger partial charge in [-0.05, 0) is 36.8 Å². The molecule has 0 spiro atoms. The number of aryl methyl sites for hydroxylation is 1. The molecule has 0 aliphatic rings. The Labute approximate surface area is 162 Å². The number of carbonyl (C=O) groups is 1. The molecule has 4 aromatic rings. The minimum absolute atomic E-state index is 0.121. The number of rotatable bonds is 5. The van der Waals surface area contributed by atoms with Gasteiger partial charge in [-0.15, -0.1) is 0 Å². The summed E-state index contributed by atoms with van der Waals surface area (Å²) in [5.74, 6) is -0.121. The Morgan fingerprint density at radius 1 is 1.07 bits per heavy atom. The fraction of sp³-hybridized carbons (Fsp3) is 0.0909. The molecule has 2 heterocycles. The average molecular weight is 373 g/mol. The van der Waals surface area contributed by atoms with Crippen molar-refractivity contribution in [3.05, 3.63) is 89.9 Å². The number of aromatic amines is 1. The van der Waals surface area contributed by atoms with E-state index < -0.39 is 0 Å². The van der Waals surface area contributed by atoms with Crippen molar-refractivity contribution in [3.8, 4) is 0 Å². The lowest BCUT2D eigenvalue weighted by atomic mass is 10.2. The van der Waals surface area contributed by atoms with Crippen molar-refractivity contribution in [3.63, 3.8) is 0 Å². The Kier molecular flexibility index (Phi) is 4.94. The summed E-state index contributed by atoms with van der Waals surface area (Å²) in [6.45, 7) is 2.51. The first-order valence-electron chi connectivity index (χ1n) is 8.73. The lowest BCUT2D eigenvalue weighted by Crippen LogP contribution is -2.23. The summed E-state index contributed by atoms with van der Waals surface area (Å²) in [4.78, 5) is 22.3. The summed E-state index contributed by atoms with van der Waals surface area (Å²) in [5, 5.41) is 4.04. The summed E-state index contributed by atoms with van der Waals surface area (Å²) in [6.07, 6.45) is 3.48. The number of nitrogens with one attached hydrogen (secondary N) is 2. The second-order valence-corrected chi connectivity index (χ2v) is 7.42. The van der Waals surface area contributed by atoms with E-state index in [1.54, 1.807) is 24.2 Å². The predicted molar refractivity (Wildman–Crippen MR) is 109 cm³/mol. The van der Waals surface area contributed by atoms with Crippen LogP contribution in [-0.2, 0) is 6.54 Å². The van der Waals surface area contributed by atoms with Crippen LogP contribution < -0.4 is 5.32 Å². The number of para-hydroxylation sites is 1. The first kappa shape index (κ1) is 17.4. The molecule has 0 bridgehead atoms. The SMILES string of the molecule is Cc1ccc(Sc2c(C(=O)NCc3cccnc3)[nH]c3ccccc23)cc1. The fourth-order valence-corrected chi connectivity index (χ4v) is 3.92. The van der Waals surface area contributed by atoms with E-state index >= 15 is 0 Å². The Morgan fingerprint density at radius 3 is 2.67 bits per heavy atom. The van der Waals surface area contributed by atoms with Gasteiger partial charge in [0, 0.05) is 34.7 Å². The van der Waals surface area contributed by atoms with Gasteiger partial charge in [0.1, 0.15) is 5.69 Å². The molecule has 2 aromatic carbocycles. The number of amides is 1. The van der Waals surface area contributed by atoms with Gasteiger partial charge >= 0.3 is 0 Å². The second-order valence-electron chi connectivity index (χ2n) is 6.33. The summed E-state index contributed by atoms with van der Waals surface area (Å²) in [5.41, 5.74) is 3.73. The molecule has 1 amide bonds. The largest absolute Gasteiger partial charge is 0.350 e. The molecule has 0 saturated carbocycles. The summed E-state index contributed by atoms with van der Waals surface area (Å²) < 4.78 is 0. The maximum absolute atomic E-state index is 12.9. The van der Waals surface area contributed by atoms with Gasteiger partial charge in [-0.2, -0.15) is 0 Å². The van der Waals surface area contributed by atoms with Crippen molar-refractivity contribution in [2.45, 2.75) is 23.3 Å². The van der Waals surface area contributed by atoms with Gasteiger partial charge < -0.3 is 10.3 Å². The normalized spacial score (nSPS) is 10.9. The first-order valence-corrected chi connectivity index (χ1v) is 9.55. The van der Waals surface area contributed by atoms with Crippen molar-refractivity contribution in [1.82, 2.24) is 15.3 Å². The molecule has 0 atom stereocenters. The van der Waals surface area contributed by atoms with Crippen LogP contribution in [0.25, 0.3) is 10.9 Å². The zero-order valence-electron chi connectivity index (χ0n) is 14.9. The zero-order valence-corrected chi connectivity index (χ0v) is 15.7. The quantitative estimate of drug-likeness (QED) is 0.520. The van der Waals surface area contributed by atoms with Crippen LogP contribution in [0.15, 0.2) is 82.8 Å². The van der Waals surface area contributed by atoms with Crippen LogP contribution in [0.5, 0.6) is 0 Å². The van der Waals surface area contributed by atoms with Crippen LogP contribution in [-0.4, -0.2) is 15.9 Å². The summed E-state index contributed by atoms with van der Waals surface area (Å²) in [6, 6.07) is 20.1. The molecule has 2 N–H and O–H groups in total. The topological polar surface area (TPSA) is 57.8 Å². The number of fused-ring (bicyclic) bond motifs is 1. The van der Waals surface area contributed by atoms with E-state index in [1.807, 2.05) is 36.4 Å². The molecule has 0 unspecified atom stereocenters. The predicted octanol–water partition coefficient (Wildman–Crippen LogP) is 4.95. The van der Waals surface area contributed by atoms with Crippen molar-refractivity contribution in [2.24, 2.45) is 0 Å². The standard InChI is InChI=1S/C22H19N3OS/c1-15-8-10-17(11-9-15)27-21-18-6-2-3-7-19(18)25-20(21)22(26)24-14-16-5-4-12-23-13-16/h2-13,25H,14H2,1H3,(H,24,26). The van der Waals surface area contributed by atoms with Gasteiger partial charge in [0.05, 0.1) is 4.90 Å². The minimum Gasteiger partial charge on any atom is -0.350 e. The van der Waals surface area contributed by atoms with Crippen molar-refractivity contribution < 1.29 is 4.79 Å². The molecule has 0 radical (unpaired) electrons. The molecule has 0 saturated heterocycles. The minimum atomic E-state index is -0.121. The molecule has 27 heavy (non-hydrogen) atoms. The third-order valence-electron chi connectivity index (χ3n) is 4.30. The zero-order chi connectivity index (χ0) is 18.6. The van der Waals surface area contributed by atoms with Gasteiger partial charge in [-0.1, -0.05) is 53.7 Å². The number of carbonyl (C=O) groups excluding carboxylic acids is 1. The monoisotopic (exact) mass is 373 g/mol. The summed E-state index contributed by atoms with van der Waals surface area (Å²) in [7, 11) is 0. The van der Waals surface area contributed by atoms with Crippen LogP contribution in [0.1, 0.15) is 21.6 Å². The van der Waals surface area contributed by atoms with E-state index in [1.165, 1.54) is 5.56 Å². The van der Waals surface area contributed by atoms with E-state index in [2.05, 4.69) is 46.5 Å². The lowest BCUT2D eigenvalue weighted by molar-refractivity contribution is 0.0944. The highest BCUT2D eigenvalue weighted by Gasteiger charge is 2.18. The van der Waals surface area contributed by atoms with Crippen molar-refractivity contribution in [1.29, 1.82) is 0 Å². The third kappa shape index (κ3) is 3.88. The average Bonchev–Trinajstić information content (AvgIpc) is 3.07. The highest BCUT2D eigenvalue weighted by Crippen LogP contribution is 2.36. The number of benzene rings is 2. The number of pyridine rings is 1. The fourth-order valence-electron chi connectivity index (χ4n) is 2.88. The maximum Gasteiger partial charge on any atom is 0.269 e. The highest BCUT2D eigenvalue weighted by molar-refractivity contribution is 7.99. The molecule has 0 aliphatic heterocycles. The van der Waals surface area contributed by atoms with Crippen LogP contribution in [0, 0.1) is 6.92 Å². The molecule has 4 rings (SSSR count). The Morgan fingerprint density at radius 2 is 1.89 bits per heavy atom. The molecule has 0 aliphatic carbocycles. The Bertz CT molecular complexity index is 1070. The molecule has 5 heteroatoms. The smallest absolute Gasteiger partial charge is 0.269 e. The Hall–Kier alpha value is -3.05. The van der Waals surface area contributed by atoms with E-state index in [9.17, 15) is 4.79 Å². The summed E-state index contributed by atoms with van der Waals surface area (Å²) >= 11 is 1.60. The van der Waals surface area contributed by atoms with Crippen molar-refractivity contribution in [2.75, 3.05) is 0 Å². The van der Waals surface area contributed by atoms with Gasteiger partial charge in [-0.3, -0.25) is 9.78 Å². The number of H-pyrrole nitrogens is 1. The molecule has 2 aromatic heterocycles. The highest BCUT2D eigenvalue weighted by atomic mass is 32.2. The first-order chi connectivity index (χ1) is 13.2. The van der Waals surface area contributed by atoms with Gasteiger partial charge in [-0.25, -0.2) is 0 Å². The lowest BCUT2D eigenvalue weighted by Gasteiger charge is -2.07. The number of hydrogen-bond acceptors (Lipinski definition) is 3. The van der Waals surface area contributed by atoms with Gasteiger partial charge in [0.2, 0.25) is 0 Å². The molecule has 0 fully saturated rings. The van der Waals surface area contributed by atoms with Crippen LogP contribution in [0.3, 0.4) is 0 Å². The maximum atomic E-state index is 12.9.